The van der Waals surface area contributed by atoms with Gasteiger partial charge in [-0.1, -0.05) is 6.07 Å². The minimum Gasteiger partial charge on any atom is -0.444 e. The number of amides is 2. The molecule has 5 nitrogen and oxygen atoms in total. The van der Waals surface area contributed by atoms with Gasteiger partial charge in [-0.2, -0.15) is 0 Å². The molecule has 2 amide bonds. The number of carbonyl (C=O) groups is 2. The summed E-state index contributed by atoms with van der Waals surface area (Å²) in [6, 6.07) is 3.91. The summed E-state index contributed by atoms with van der Waals surface area (Å²) in [6.07, 6.45) is 1.88. The first-order valence-corrected chi connectivity index (χ1v) is 8.51. The topological polar surface area (TPSA) is 58.6 Å². The van der Waals surface area contributed by atoms with Gasteiger partial charge in [0.05, 0.1) is 6.42 Å². The fraction of sp³-hybridized carbons (Fsp3) is 0.625. The molecule has 22 heavy (non-hydrogen) atoms. The van der Waals surface area contributed by atoms with Gasteiger partial charge in [-0.3, -0.25) is 4.79 Å². The van der Waals surface area contributed by atoms with Crippen LogP contribution in [0.4, 0.5) is 4.79 Å². The van der Waals surface area contributed by atoms with Crippen molar-refractivity contribution in [3.63, 3.8) is 0 Å². The fourth-order valence-corrected chi connectivity index (χ4v) is 3.14. The maximum absolute atomic E-state index is 12.1. The van der Waals surface area contributed by atoms with Crippen LogP contribution < -0.4 is 5.32 Å². The van der Waals surface area contributed by atoms with Crippen molar-refractivity contribution >= 4 is 23.3 Å². The lowest BCUT2D eigenvalue weighted by molar-refractivity contribution is -0.121. The summed E-state index contributed by atoms with van der Waals surface area (Å²) in [5.41, 5.74) is -0.494. The van der Waals surface area contributed by atoms with Gasteiger partial charge in [-0.05, 0) is 45.1 Å². The highest BCUT2D eigenvalue weighted by Gasteiger charge is 2.28. The number of piperidine rings is 1. The molecule has 0 aromatic carbocycles. The van der Waals surface area contributed by atoms with Crippen LogP contribution in [0.5, 0.6) is 0 Å². The number of rotatable bonds is 3. The highest BCUT2D eigenvalue weighted by molar-refractivity contribution is 7.10. The second-order valence-corrected chi connectivity index (χ2v) is 7.62. The zero-order valence-corrected chi connectivity index (χ0v) is 14.2. The highest BCUT2D eigenvalue weighted by atomic mass is 32.1. The number of thiophene rings is 1. The Balaban J connectivity index is 1.82. The smallest absolute Gasteiger partial charge is 0.410 e. The first kappa shape index (κ1) is 16.8. The lowest BCUT2D eigenvalue weighted by Gasteiger charge is -2.34. The van der Waals surface area contributed by atoms with Crippen LogP contribution in [-0.4, -0.2) is 41.6 Å². The van der Waals surface area contributed by atoms with Crippen LogP contribution in [0.2, 0.25) is 0 Å². The molecule has 1 unspecified atom stereocenters. The Hall–Kier alpha value is -1.56. The molecular weight excluding hydrogens is 300 g/mol. The van der Waals surface area contributed by atoms with Gasteiger partial charge in [0.2, 0.25) is 5.91 Å². The van der Waals surface area contributed by atoms with E-state index in [0.717, 1.165) is 17.7 Å². The van der Waals surface area contributed by atoms with E-state index < -0.39 is 5.60 Å². The van der Waals surface area contributed by atoms with E-state index in [9.17, 15) is 9.59 Å². The summed E-state index contributed by atoms with van der Waals surface area (Å²) < 4.78 is 5.39. The Morgan fingerprint density at radius 1 is 1.45 bits per heavy atom. The highest BCUT2D eigenvalue weighted by Crippen LogP contribution is 2.16. The Labute approximate surface area is 135 Å². The molecule has 1 aromatic heterocycles. The van der Waals surface area contributed by atoms with Crippen LogP contribution >= 0.6 is 11.3 Å². The Morgan fingerprint density at radius 2 is 2.23 bits per heavy atom. The Kier molecular flexibility index (Phi) is 5.45. The molecule has 122 valence electrons. The molecule has 0 saturated carbocycles. The zero-order valence-electron chi connectivity index (χ0n) is 13.4. The van der Waals surface area contributed by atoms with Gasteiger partial charge in [-0.15, -0.1) is 11.3 Å². The second-order valence-electron chi connectivity index (χ2n) is 6.59. The van der Waals surface area contributed by atoms with Crippen LogP contribution in [0.1, 0.15) is 38.5 Å². The third-order valence-corrected chi connectivity index (χ3v) is 4.23. The number of ether oxygens (including phenoxy) is 1. The lowest BCUT2D eigenvalue weighted by Crippen LogP contribution is -2.50. The molecule has 0 spiro atoms. The molecule has 1 saturated heterocycles. The zero-order chi connectivity index (χ0) is 16.2. The van der Waals surface area contributed by atoms with Crippen molar-refractivity contribution < 1.29 is 14.3 Å². The lowest BCUT2D eigenvalue weighted by atomic mass is 10.1. The van der Waals surface area contributed by atoms with Crippen LogP contribution in [0.3, 0.4) is 0 Å². The summed E-state index contributed by atoms with van der Waals surface area (Å²) in [4.78, 5) is 26.9. The number of hydrogen-bond donors (Lipinski definition) is 1. The van der Waals surface area contributed by atoms with Crippen LogP contribution in [0, 0.1) is 0 Å². The number of nitrogens with zero attached hydrogens (tertiary/aromatic N) is 1. The molecule has 0 aliphatic carbocycles. The number of likely N-dealkylation sites (tertiary alicyclic amines) is 1. The molecule has 1 aliphatic heterocycles. The molecule has 6 heteroatoms. The third kappa shape index (κ3) is 5.33. The van der Waals surface area contributed by atoms with Crippen molar-refractivity contribution in [1.82, 2.24) is 10.2 Å². The van der Waals surface area contributed by atoms with Crippen LogP contribution in [0.25, 0.3) is 0 Å². The van der Waals surface area contributed by atoms with Gasteiger partial charge in [0.25, 0.3) is 0 Å². The quantitative estimate of drug-likeness (QED) is 0.930. The van der Waals surface area contributed by atoms with Crippen molar-refractivity contribution in [3.05, 3.63) is 22.4 Å². The Bertz CT molecular complexity index is 508. The van der Waals surface area contributed by atoms with Gasteiger partial charge in [0, 0.05) is 24.0 Å². The van der Waals surface area contributed by atoms with E-state index in [-0.39, 0.29) is 18.0 Å². The molecule has 1 N–H and O–H groups in total. The van der Waals surface area contributed by atoms with Gasteiger partial charge >= 0.3 is 6.09 Å². The summed E-state index contributed by atoms with van der Waals surface area (Å²) in [7, 11) is 0. The van der Waals surface area contributed by atoms with Crippen molar-refractivity contribution in [3.8, 4) is 0 Å². The number of hydrogen-bond acceptors (Lipinski definition) is 4. The number of nitrogens with one attached hydrogen (secondary N) is 1. The minimum absolute atomic E-state index is 0.00808. The molecule has 0 radical (unpaired) electrons. The Morgan fingerprint density at radius 3 is 2.86 bits per heavy atom. The second kappa shape index (κ2) is 7.13. The van der Waals surface area contributed by atoms with Crippen molar-refractivity contribution in [2.24, 2.45) is 0 Å². The average molecular weight is 324 g/mol. The van der Waals surface area contributed by atoms with Crippen LogP contribution in [0.15, 0.2) is 17.5 Å². The van der Waals surface area contributed by atoms with Gasteiger partial charge in [0.15, 0.2) is 0 Å². The van der Waals surface area contributed by atoms with E-state index in [0.29, 0.717) is 19.5 Å². The fourth-order valence-electron chi connectivity index (χ4n) is 2.44. The maximum Gasteiger partial charge on any atom is 0.410 e. The largest absolute Gasteiger partial charge is 0.444 e. The van der Waals surface area contributed by atoms with Crippen molar-refractivity contribution in [2.45, 2.75) is 51.7 Å². The molecular formula is C16H24N2O3S. The number of carbonyl (C=O) groups excluding carboxylic acids is 2. The van der Waals surface area contributed by atoms with Gasteiger partial charge in [0.1, 0.15) is 5.60 Å². The van der Waals surface area contributed by atoms with E-state index in [2.05, 4.69) is 5.32 Å². The molecule has 2 rings (SSSR count). The summed E-state index contributed by atoms with van der Waals surface area (Å²) in [5, 5.41) is 4.99. The molecule has 1 aliphatic rings. The van der Waals surface area contributed by atoms with Gasteiger partial charge in [-0.25, -0.2) is 4.79 Å². The van der Waals surface area contributed by atoms with E-state index in [1.165, 1.54) is 0 Å². The molecule has 1 aromatic rings. The summed E-state index contributed by atoms with van der Waals surface area (Å²) in [6.45, 7) is 6.77. The first-order valence-electron chi connectivity index (χ1n) is 7.63. The maximum atomic E-state index is 12.1. The SMILES string of the molecule is CC(C)(C)OC(=O)N1CCCC(NC(=O)Cc2cccs2)C1. The molecule has 1 fully saturated rings. The van der Waals surface area contributed by atoms with Crippen molar-refractivity contribution in [1.29, 1.82) is 0 Å². The van der Waals surface area contributed by atoms with E-state index in [1.54, 1.807) is 16.2 Å². The monoisotopic (exact) mass is 324 g/mol. The molecule has 0 bridgehead atoms. The first-order chi connectivity index (χ1) is 10.3. The summed E-state index contributed by atoms with van der Waals surface area (Å²) in [5.74, 6) is 0.0125. The van der Waals surface area contributed by atoms with E-state index in [1.807, 2.05) is 38.3 Å². The normalized spacial score (nSPS) is 18.9. The van der Waals surface area contributed by atoms with E-state index in [4.69, 9.17) is 4.74 Å². The van der Waals surface area contributed by atoms with Crippen LogP contribution in [-0.2, 0) is 16.0 Å². The van der Waals surface area contributed by atoms with Gasteiger partial charge < -0.3 is 15.0 Å². The average Bonchev–Trinajstić information content (AvgIpc) is 2.89. The molecule has 1 atom stereocenters. The predicted octanol–water partition coefficient (Wildman–Crippen LogP) is 2.81. The standard InChI is InChI=1S/C16H24N2O3S/c1-16(2,3)21-15(20)18-8-4-6-12(11-18)17-14(19)10-13-7-5-9-22-13/h5,7,9,12H,4,6,8,10-11H2,1-3H3,(H,17,19). The van der Waals surface area contributed by atoms with E-state index >= 15 is 0 Å². The third-order valence-electron chi connectivity index (χ3n) is 3.35. The summed E-state index contributed by atoms with van der Waals surface area (Å²) >= 11 is 1.58. The van der Waals surface area contributed by atoms with Crippen molar-refractivity contribution in [2.75, 3.05) is 13.1 Å². The predicted molar refractivity (Wildman–Crippen MR) is 87.0 cm³/mol. The minimum atomic E-state index is -0.494. The molecule has 2 heterocycles.